The third kappa shape index (κ3) is 3.93. The van der Waals surface area contributed by atoms with Crippen LogP contribution in [0, 0.1) is 5.82 Å². The molecule has 3 rings (SSSR count). The summed E-state index contributed by atoms with van der Waals surface area (Å²) in [7, 11) is 0. The molecule has 0 aromatic heterocycles. The van der Waals surface area contributed by atoms with Gasteiger partial charge in [-0.15, -0.1) is 0 Å². The second-order valence-corrected chi connectivity index (χ2v) is 6.90. The molecular formula is C21H23FN2O2. The van der Waals surface area contributed by atoms with E-state index in [0.29, 0.717) is 11.1 Å². The van der Waals surface area contributed by atoms with Gasteiger partial charge >= 0.3 is 0 Å². The Hall–Kier alpha value is -2.69. The van der Waals surface area contributed by atoms with Crippen molar-refractivity contribution in [2.24, 2.45) is 5.73 Å². The molecule has 1 aliphatic rings. The van der Waals surface area contributed by atoms with Gasteiger partial charge in [-0.25, -0.2) is 4.39 Å². The number of nitrogens with zero attached hydrogens (tertiary/aromatic N) is 1. The fourth-order valence-corrected chi connectivity index (χ4v) is 3.66. The van der Waals surface area contributed by atoms with Crippen LogP contribution in [-0.4, -0.2) is 28.8 Å². The zero-order valence-corrected chi connectivity index (χ0v) is 14.8. The Morgan fingerprint density at radius 3 is 2.50 bits per heavy atom. The van der Waals surface area contributed by atoms with Gasteiger partial charge in [-0.1, -0.05) is 18.2 Å². The van der Waals surface area contributed by atoms with Gasteiger partial charge in [0.25, 0.3) is 5.91 Å². The summed E-state index contributed by atoms with van der Waals surface area (Å²) in [6, 6.07) is 13.4. The predicted molar refractivity (Wildman–Crippen MR) is 98.3 cm³/mol. The summed E-state index contributed by atoms with van der Waals surface area (Å²) in [4.78, 5) is 26.3. The molecule has 4 nitrogen and oxygen atoms in total. The normalized spacial score (nSPS) is 19.5. The highest BCUT2D eigenvalue weighted by Crippen LogP contribution is 2.29. The number of primary amides is 1. The molecular weight excluding hydrogens is 331 g/mol. The summed E-state index contributed by atoms with van der Waals surface area (Å²) in [5, 5.41) is 0. The highest BCUT2D eigenvalue weighted by atomic mass is 19.1. The van der Waals surface area contributed by atoms with E-state index in [-0.39, 0.29) is 23.8 Å². The van der Waals surface area contributed by atoms with Gasteiger partial charge in [0, 0.05) is 23.2 Å². The first kappa shape index (κ1) is 18.1. The molecule has 26 heavy (non-hydrogen) atoms. The zero-order chi connectivity index (χ0) is 18.7. The maximum Gasteiger partial charge on any atom is 0.254 e. The summed E-state index contributed by atoms with van der Waals surface area (Å²) < 4.78 is 13.0. The molecule has 1 fully saturated rings. The smallest absolute Gasteiger partial charge is 0.254 e. The van der Waals surface area contributed by atoms with Gasteiger partial charge in [0.2, 0.25) is 5.91 Å². The van der Waals surface area contributed by atoms with Crippen molar-refractivity contribution >= 4 is 11.8 Å². The van der Waals surface area contributed by atoms with E-state index in [1.54, 1.807) is 36.4 Å². The number of hydrogen-bond donors (Lipinski definition) is 1. The van der Waals surface area contributed by atoms with Crippen molar-refractivity contribution in [2.75, 3.05) is 0 Å². The van der Waals surface area contributed by atoms with Crippen molar-refractivity contribution in [2.45, 2.75) is 44.7 Å². The number of halogens is 1. The molecule has 136 valence electrons. The molecule has 1 saturated heterocycles. The zero-order valence-electron chi connectivity index (χ0n) is 14.8. The van der Waals surface area contributed by atoms with Crippen LogP contribution in [-0.2, 0) is 6.42 Å². The van der Waals surface area contributed by atoms with E-state index in [2.05, 4.69) is 0 Å². The minimum atomic E-state index is -0.540. The monoisotopic (exact) mass is 354 g/mol. The van der Waals surface area contributed by atoms with E-state index in [1.807, 2.05) is 11.8 Å². The second-order valence-electron chi connectivity index (χ2n) is 6.90. The second kappa shape index (κ2) is 7.68. The third-order valence-corrected chi connectivity index (χ3v) is 5.09. The molecule has 1 aliphatic heterocycles. The van der Waals surface area contributed by atoms with Crippen LogP contribution in [0.25, 0.3) is 0 Å². The predicted octanol–water partition coefficient (Wildman–Crippen LogP) is 3.55. The Labute approximate surface area is 152 Å². The number of benzene rings is 2. The average Bonchev–Trinajstić information content (AvgIpc) is 3.01. The third-order valence-electron chi connectivity index (χ3n) is 5.09. The molecule has 0 spiro atoms. The van der Waals surface area contributed by atoms with Crippen LogP contribution in [0.1, 0.15) is 52.5 Å². The molecule has 0 bridgehead atoms. The lowest BCUT2D eigenvalue weighted by Gasteiger charge is -2.29. The summed E-state index contributed by atoms with van der Waals surface area (Å²) in [6.07, 6.45) is 3.53. The lowest BCUT2D eigenvalue weighted by atomic mass is 10.0. The maximum absolute atomic E-state index is 13.0. The largest absolute Gasteiger partial charge is 0.366 e. The minimum absolute atomic E-state index is 0.0674. The summed E-state index contributed by atoms with van der Waals surface area (Å²) >= 11 is 0. The van der Waals surface area contributed by atoms with Gasteiger partial charge in [-0.05, 0) is 68.5 Å². The Kier molecular flexibility index (Phi) is 5.35. The lowest BCUT2D eigenvalue weighted by molar-refractivity contribution is 0.0673. The van der Waals surface area contributed by atoms with Crippen molar-refractivity contribution in [1.29, 1.82) is 0 Å². The van der Waals surface area contributed by atoms with Gasteiger partial charge in [0.05, 0.1) is 0 Å². The maximum atomic E-state index is 13.0. The number of carbonyl (C=O) groups is 2. The Bertz CT molecular complexity index is 804. The first-order valence-corrected chi connectivity index (χ1v) is 8.92. The molecule has 2 amide bonds. The van der Waals surface area contributed by atoms with Crippen molar-refractivity contribution < 1.29 is 14.0 Å². The van der Waals surface area contributed by atoms with Gasteiger partial charge in [-0.3, -0.25) is 9.59 Å². The van der Waals surface area contributed by atoms with Gasteiger partial charge < -0.3 is 10.6 Å². The van der Waals surface area contributed by atoms with E-state index in [1.165, 1.54) is 12.1 Å². The highest BCUT2D eigenvalue weighted by molar-refractivity contribution is 5.99. The Balaban J connectivity index is 1.73. The SMILES string of the molecule is C[C@@H]1CC[C@H](CCc2ccc(F)cc2)N1C(=O)c1cccc(C(N)=O)c1. The summed E-state index contributed by atoms with van der Waals surface area (Å²) in [5.41, 5.74) is 7.21. The number of carbonyl (C=O) groups excluding carboxylic acids is 2. The molecule has 0 saturated carbocycles. The van der Waals surface area contributed by atoms with Gasteiger partial charge in [-0.2, -0.15) is 0 Å². The van der Waals surface area contributed by atoms with Crippen LogP contribution in [0.2, 0.25) is 0 Å². The molecule has 2 aromatic carbocycles. The standard InChI is InChI=1S/C21H23FN2O2/c1-14-5-11-19(12-8-15-6-9-18(22)10-7-15)24(14)21(26)17-4-2-3-16(13-17)20(23)25/h2-4,6-7,9-10,13-14,19H,5,8,11-12H2,1H3,(H2,23,25)/t14-,19-/m1/s1. The molecule has 2 aromatic rings. The van der Waals surface area contributed by atoms with E-state index >= 15 is 0 Å². The number of nitrogens with two attached hydrogens (primary N) is 1. The molecule has 0 aliphatic carbocycles. The van der Waals surface area contributed by atoms with E-state index in [9.17, 15) is 14.0 Å². The van der Waals surface area contributed by atoms with Crippen LogP contribution < -0.4 is 5.73 Å². The fourth-order valence-electron chi connectivity index (χ4n) is 3.66. The first-order valence-electron chi connectivity index (χ1n) is 8.92. The van der Waals surface area contributed by atoms with Crippen LogP contribution in [0.3, 0.4) is 0 Å². The molecule has 1 heterocycles. The van der Waals surface area contributed by atoms with Crippen LogP contribution in [0.5, 0.6) is 0 Å². The van der Waals surface area contributed by atoms with Crippen LogP contribution >= 0.6 is 0 Å². The Morgan fingerprint density at radius 2 is 1.81 bits per heavy atom. The van der Waals surface area contributed by atoms with Gasteiger partial charge in [0.15, 0.2) is 0 Å². The van der Waals surface area contributed by atoms with E-state index < -0.39 is 5.91 Å². The lowest BCUT2D eigenvalue weighted by Crippen LogP contribution is -2.40. The fraction of sp³-hybridized carbons (Fsp3) is 0.333. The van der Waals surface area contributed by atoms with Crippen LogP contribution in [0.15, 0.2) is 48.5 Å². The number of aryl methyl sites for hydroxylation is 1. The average molecular weight is 354 g/mol. The molecule has 5 heteroatoms. The molecule has 0 unspecified atom stereocenters. The highest BCUT2D eigenvalue weighted by Gasteiger charge is 2.34. The summed E-state index contributed by atoms with van der Waals surface area (Å²) in [6.45, 7) is 2.05. The summed E-state index contributed by atoms with van der Waals surface area (Å²) in [5.74, 6) is -0.849. The van der Waals surface area contributed by atoms with Crippen molar-refractivity contribution in [3.8, 4) is 0 Å². The van der Waals surface area contributed by atoms with Crippen molar-refractivity contribution in [3.63, 3.8) is 0 Å². The van der Waals surface area contributed by atoms with Crippen LogP contribution in [0.4, 0.5) is 4.39 Å². The molecule has 2 N–H and O–H groups in total. The van der Waals surface area contributed by atoms with Crippen molar-refractivity contribution in [3.05, 3.63) is 71.0 Å². The topological polar surface area (TPSA) is 63.4 Å². The van der Waals surface area contributed by atoms with E-state index in [4.69, 9.17) is 5.73 Å². The molecule has 2 atom stereocenters. The first-order chi connectivity index (χ1) is 12.5. The molecule has 0 radical (unpaired) electrons. The van der Waals surface area contributed by atoms with Crippen molar-refractivity contribution in [1.82, 2.24) is 4.90 Å². The number of likely N-dealkylation sites (tertiary alicyclic amines) is 1. The van der Waals surface area contributed by atoms with E-state index in [0.717, 1.165) is 31.2 Å². The quantitative estimate of drug-likeness (QED) is 0.892. The minimum Gasteiger partial charge on any atom is -0.366 e. The number of rotatable bonds is 5. The van der Waals surface area contributed by atoms with Gasteiger partial charge in [0.1, 0.15) is 5.82 Å². The Morgan fingerprint density at radius 1 is 1.12 bits per heavy atom. The number of amides is 2. The number of hydrogen-bond acceptors (Lipinski definition) is 2.